The Morgan fingerprint density at radius 3 is 2.75 bits per heavy atom. The molecule has 9 heteroatoms. The summed E-state index contributed by atoms with van der Waals surface area (Å²) in [6.07, 6.45) is 2.20. The van der Waals surface area contributed by atoms with Gasteiger partial charge in [-0.3, -0.25) is 9.59 Å². The van der Waals surface area contributed by atoms with Gasteiger partial charge in [-0.25, -0.2) is 8.78 Å². The monoisotopic (exact) mass is 413 g/mol. The second-order valence-corrected chi connectivity index (χ2v) is 6.43. The molecule has 1 aromatic heterocycles. The second kappa shape index (κ2) is 10.2. The Bertz CT molecular complexity index is 802. The van der Waals surface area contributed by atoms with Crippen molar-refractivity contribution in [1.82, 2.24) is 16.0 Å². The van der Waals surface area contributed by atoms with Crippen molar-refractivity contribution in [1.29, 1.82) is 0 Å². The fraction of sp³-hybridized carbons (Fsp3) is 0.368. The first kappa shape index (κ1) is 21.8. The van der Waals surface area contributed by atoms with Gasteiger partial charge in [0, 0.05) is 31.5 Å². The molecule has 1 aromatic carbocycles. The van der Waals surface area contributed by atoms with Gasteiger partial charge in [0.25, 0.3) is 5.91 Å². The Morgan fingerprint density at radius 2 is 2.04 bits per heavy atom. The van der Waals surface area contributed by atoms with E-state index in [0.717, 1.165) is 12.6 Å². The summed E-state index contributed by atoms with van der Waals surface area (Å²) in [5.74, 6) is -2.31. The molecule has 0 radical (unpaired) electrons. The molecule has 3 N–H and O–H groups in total. The Labute approximate surface area is 167 Å². The predicted molar refractivity (Wildman–Crippen MR) is 101 cm³/mol. The Balaban J connectivity index is 0.00000280. The lowest BCUT2D eigenvalue weighted by Crippen LogP contribution is -2.50. The normalized spacial score (nSPS) is 18.8. The van der Waals surface area contributed by atoms with E-state index in [1.807, 2.05) is 0 Å². The van der Waals surface area contributed by atoms with Crippen molar-refractivity contribution in [3.8, 4) is 0 Å². The van der Waals surface area contributed by atoms with Gasteiger partial charge in [0.15, 0.2) is 17.4 Å². The minimum atomic E-state index is -0.892. The lowest BCUT2D eigenvalue weighted by Gasteiger charge is -2.33. The van der Waals surface area contributed by atoms with Crippen LogP contribution in [0.3, 0.4) is 0 Å². The third-order valence-electron chi connectivity index (χ3n) is 4.58. The van der Waals surface area contributed by atoms with Gasteiger partial charge in [-0.05, 0) is 42.8 Å². The number of furan rings is 1. The number of piperidine rings is 1. The van der Waals surface area contributed by atoms with Gasteiger partial charge in [-0.2, -0.15) is 0 Å². The van der Waals surface area contributed by atoms with E-state index in [1.165, 1.54) is 18.4 Å². The minimum Gasteiger partial charge on any atom is -0.459 e. The number of nitrogens with one attached hydrogen (secondary N) is 3. The first-order valence-electron chi connectivity index (χ1n) is 8.81. The van der Waals surface area contributed by atoms with Crippen molar-refractivity contribution in [2.24, 2.45) is 0 Å². The average Bonchev–Trinajstić information content (AvgIpc) is 3.19. The molecule has 2 unspecified atom stereocenters. The van der Waals surface area contributed by atoms with Gasteiger partial charge in [-0.15, -0.1) is 12.4 Å². The zero-order valence-electron chi connectivity index (χ0n) is 15.0. The summed E-state index contributed by atoms with van der Waals surface area (Å²) in [6.45, 7) is 1.44. The summed E-state index contributed by atoms with van der Waals surface area (Å²) in [5, 5.41) is 8.72. The van der Waals surface area contributed by atoms with Gasteiger partial charge in [0.2, 0.25) is 5.91 Å². The van der Waals surface area contributed by atoms with Gasteiger partial charge in [0.05, 0.1) is 6.26 Å². The van der Waals surface area contributed by atoms with E-state index in [0.29, 0.717) is 18.5 Å². The quantitative estimate of drug-likeness (QED) is 0.679. The molecule has 28 heavy (non-hydrogen) atoms. The zero-order chi connectivity index (χ0) is 19.2. The number of carbonyl (C=O) groups is 2. The molecule has 0 bridgehead atoms. The van der Waals surface area contributed by atoms with E-state index < -0.39 is 11.6 Å². The van der Waals surface area contributed by atoms with Gasteiger partial charge >= 0.3 is 0 Å². The van der Waals surface area contributed by atoms with Crippen molar-refractivity contribution in [3.63, 3.8) is 0 Å². The Kier molecular flexibility index (Phi) is 7.95. The van der Waals surface area contributed by atoms with E-state index in [1.54, 1.807) is 12.1 Å². The lowest BCUT2D eigenvalue weighted by atomic mass is 9.86. The molecule has 2 heterocycles. The summed E-state index contributed by atoms with van der Waals surface area (Å²) in [6, 6.07) is 6.75. The molecule has 1 saturated heterocycles. The summed E-state index contributed by atoms with van der Waals surface area (Å²) < 4.78 is 31.7. The topological polar surface area (TPSA) is 83.4 Å². The lowest BCUT2D eigenvalue weighted by molar-refractivity contribution is -0.121. The molecular formula is C19H22ClF2N3O3. The van der Waals surface area contributed by atoms with Crippen molar-refractivity contribution in [3.05, 3.63) is 59.6 Å². The molecule has 2 amide bonds. The van der Waals surface area contributed by atoms with Gasteiger partial charge in [-0.1, -0.05) is 6.07 Å². The van der Waals surface area contributed by atoms with Crippen LogP contribution < -0.4 is 16.0 Å². The van der Waals surface area contributed by atoms with Crippen molar-refractivity contribution < 1.29 is 22.8 Å². The molecule has 1 fully saturated rings. The first-order valence-corrected chi connectivity index (χ1v) is 8.81. The minimum absolute atomic E-state index is 0. The van der Waals surface area contributed by atoms with Gasteiger partial charge < -0.3 is 20.4 Å². The van der Waals surface area contributed by atoms with Crippen LogP contribution in [0, 0.1) is 11.6 Å². The van der Waals surface area contributed by atoms with E-state index in [-0.39, 0.29) is 54.9 Å². The summed E-state index contributed by atoms with van der Waals surface area (Å²) in [5.41, 5.74) is 0.659. The molecule has 6 nitrogen and oxygen atoms in total. The number of carbonyl (C=O) groups excluding carboxylic acids is 2. The van der Waals surface area contributed by atoms with Crippen LogP contribution in [-0.2, 0) is 4.79 Å². The first-order chi connectivity index (χ1) is 13.0. The molecule has 3 rings (SSSR count). The number of rotatable bonds is 6. The molecule has 2 atom stereocenters. The smallest absolute Gasteiger partial charge is 0.286 e. The maximum absolute atomic E-state index is 13.6. The fourth-order valence-corrected chi connectivity index (χ4v) is 3.22. The van der Waals surface area contributed by atoms with Crippen molar-refractivity contribution in [2.45, 2.75) is 24.8 Å². The highest BCUT2D eigenvalue weighted by Crippen LogP contribution is 2.27. The summed E-state index contributed by atoms with van der Waals surface area (Å²) >= 11 is 0. The number of halogens is 3. The Hall–Kier alpha value is -2.45. The third-order valence-corrected chi connectivity index (χ3v) is 4.58. The number of hydrogen-bond acceptors (Lipinski definition) is 4. The van der Waals surface area contributed by atoms with Crippen LogP contribution in [0.25, 0.3) is 0 Å². The van der Waals surface area contributed by atoms with Crippen molar-refractivity contribution in [2.75, 3.05) is 19.6 Å². The average molecular weight is 414 g/mol. The molecule has 1 aliphatic rings. The van der Waals surface area contributed by atoms with Crippen LogP contribution in [0.2, 0.25) is 0 Å². The van der Waals surface area contributed by atoms with Crippen molar-refractivity contribution >= 4 is 24.2 Å². The molecule has 1 aliphatic heterocycles. The van der Waals surface area contributed by atoms with Crippen LogP contribution in [-0.4, -0.2) is 37.5 Å². The van der Waals surface area contributed by atoms with E-state index in [9.17, 15) is 18.4 Å². The fourth-order valence-electron chi connectivity index (χ4n) is 3.22. The SMILES string of the molecule is Cl.O=C(CCNC(=O)c1ccco1)NC1CNCCC1c1ccc(F)c(F)c1. The largest absolute Gasteiger partial charge is 0.459 e. The molecule has 0 aliphatic carbocycles. The number of amides is 2. The molecular weight excluding hydrogens is 392 g/mol. The zero-order valence-corrected chi connectivity index (χ0v) is 15.9. The van der Waals surface area contributed by atoms with E-state index in [4.69, 9.17) is 4.42 Å². The van der Waals surface area contributed by atoms with E-state index >= 15 is 0 Å². The number of hydrogen-bond donors (Lipinski definition) is 3. The second-order valence-electron chi connectivity index (χ2n) is 6.43. The van der Waals surface area contributed by atoms with Crippen LogP contribution in [0.15, 0.2) is 41.0 Å². The summed E-state index contributed by atoms with van der Waals surface area (Å²) in [4.78, 5) is 24.0. The molecule has 2 aromatic rings. The Morgan fingerprint density at radius 1 is 1.21 bits per heavy atom. The molecule has 0 spiro atoms. The maximum Gasteiger partial charge on any atom is 0.286 e. The van der Waals surface area contributed by atoms with Crippen LogP contribution in [0.5, 0.6) is 0 Å². The van der Waals surface area contributed by atoms with Crippen LogP contribution in [0.1, 0.15) is 34.9 Å². The highest BCUT2D eigenvalue weighted by Gasteiger charge is 2.28. The molecule has 0 saturated carbocycles. The third kappa shape index (κ3) is 5.53. The standard InChI is InChI=1S/C19H21F2N3O3.ClH/c20-14-4-3-12(10-15(14)21)13-5-7-22-11-16(13)24-18(25)6-8-23-19(26)17-2-1-9-27-17;/h1-4,9-10,13,16,22H,5-8,11H2,(H,23,26)(H,24,25);1H. The van der Waals surface area contributed by atoms with Crippen LogP contribution in [0.4, 0.5) is 8.78 Å². The highest BCUT2D eigenvalue weighted by molar-refractivity contribution is 5.91. The predicted octanol–water partition coefficient (Wildman–Crippen LogP) is 2.36. The maximum atomic E-state index is 13.6. The highest BCUT2D eigenvalue weighted by atomic mass is 35.5. The molecule has 152 valence electrons. The van der Waals surface area contributed by atoms with Gasteiger partial charge in [0.1, 0.15) is 0 Å². The van der Waals surface area contributed by atoms with E-state index in [2.05, 4.69) is 16.0 Å². The number of benzene rings is 1. The van der Waals surface area contributed by atoms with Crippen LogP contribution >= 0.6 is 12.4 Å². The summed E-state index contributed by atoms with van der Waals surface area (Å²) in [7, 11) is 0.